The van der Waals surface area contributed by atoms with Crippen LogP contribution in [0.4, 0.5) is 0 Å². The highest BCUT2D eigenvalue weighted by Gasteiger charge is 2.30. The molecule has 0 saturated heterocycles. The van der Waals surface area contributed by atoms with E-state index >= 15 is 0 Å². The molecular formula is C17H11ClO2. The topological polar surface area (TPSA) is 34.1 Å². The Bertz CT molecular complexity index is 759. The number of carbonyl (C=O) groups excluding carboxylic acids is 2. The van der Waals surface area contributed by atoms with Gasteiger partial charge in [0.1, 0.15) is 0 Å². The highest BCUT2D eigenvalue weighted by atomic mass is 35.5. The van der Waals surface area contributed by atoms with E-state index in [1.807, 2.05) is 6.07 Å². The summed E-state index contributed by atoms with van der Waals surface area (Å²) < 4.78 is 0. The molecule has 0 aliphatic heterocycles. The van der Waals surface area contributed by atoms with Gasteiger partial charge in [-0.3, -0.25) is 9.59 Å². The molecule has 1 aliphatic rings. The van der Waals surface area contributed by atoms with Gasteiger partial charge in [-0.1, -0.05) is 60.6 Å². The molecule has 0 spiro atoms. The zero-order chi connectivity index (χ0) is 14.3. The van der Waals surface area contributed by atoms with Gasteiger partial charge < -0.3 is 0 Å². The van der Waals surface area contributed by atoms with Crippen molar-refractivity contribution in [2.75, 3.05) is 0 Å². The molecule has 0 saturated carbocycles. The van der Waals surface area contributed by atoms with Crippen LogP contribution in [0.5, 0.6) is 0 Å². The first-order valence-electron chi connectivity index (χ1n) is 6.23. The lowest BCUT2D eigenvalue weighted by Gasteiger charge is -2.19. The van der Waals surface area contributed by atoms with Crippen LogP contribution in [0.1, 0.15) is 37.4 Å². The molecule has 0 atom stereocenters. The second-order valence-corrected chi connectivity index (χ2v) is 5.27. The van der Waals surface area contributed by atoms with Crippen molar-refractivity contribution in [3.63, 3.8) is 0 Å². The second-order valence-electron chi connectivity index (χ2n) is 4.74. The Labute approximate surface area is 121 Å². The molecule has 3 heteroatoms. The van der Waals surface area contributed by atoms with E-state index in [-0.39, 0.29) is 11.6 Å². The summed E-state index contributed by atoms with van der Waals surface area (Å²) in [4.78, 5) is 25.1. The molecule has 2 aromatic carbocycles. The SMILES string of the molecule is C=C(Cl)Cc1cccc2c1C(=O)c1ccccc1C2=O. The average molecular weight is 283 g/mol. The van der Waals surface area contributed by atoms with Crippen LogP contribution in [0.15, 0.2) is 54.1 Å². The molecule has 0 N–H and O–H groups in total. The van der Waals surface area contributed by atoms with Crippen LogP contribution >= 0.6 is 11.6 Å². The van der Waals surface area contributed by atoms with E-state index in [0.29, 0.717) is 33.7 Å². The van der Waals surface area contributed by atoms with E-state index in [0.717, 1.165) is 5.56 Å². The number of allylic oxidation sites excluding steroid dienone is 1. The van der Waals surface area contributed by atoms with Gasteiger partial charge in [0.2, 0.25) is 0 Å². The molecule has 98 valence electrons. The van der Waals surface area contributed by atoms with Gasteiger partial charge in [0, 0.05) is 33.7 Å². The van der Waals surface area contributed by atoms with Crippen LogP contribution in [-0.4, -0.2) is 11.6 Å². The summed E-state index contributed by atoms with van der Waals surface area (Å²) in [6.45, 7) is 3.66. The highest BCUT2D eigenvalue weighted by molar-refractivity contribution is 6.30. The first-order valence-corrected chi connectivity index (χ1v) is 6.61. The van der Waals surface area contributed by atoms with Crippen LogP contribution in [0.2, 0.25) is 0 Å². The fourth-order valence-corrected chi connectivity index (χ4v) is 2.71. The molecule has 0 unspecified atom stereocenters. The minimum atomic E-state index is -0.122. The molecule has 20 heavy (non-hydrogen) atoms. The predicted molar refractivity (Wildman–Crippen MR) is 78.4 cm³/mol. The van der Waals surface area contributed by atoms with Crippen LogP contribution in [0.3, 0.4) is 0 Å². The van der Waals surface area contributed by atoms with Gasteiger partial charge in [0.05, 0.1) is 0 Å². The van der Waals surface area contributed by atoms with E-state index in [4.69, 9.17) is 11.6 Å². The third-order valence-electron chi connectivity index (χ3n) is 3.42. The van der Waals surface area contributed by atoms with Crippen molar-refractivity contribution in [3.05, 3.63) is 81.9 Å². The Morgan fingerprint density at radius 2 is 1.50 bits per heavy atom. The molecule has 1 aliphatic carbocycles. The molecule has 0 aromatic heterocycles. The average Bonchev–Trinajstić information content (AvgIpc) is 2.44. The largest absolute Gasteiger partial charge is 0.289 e. The normalized spacial score (nSPS) is 12.8. The van der Waals surface area contributed by atoms with E-state index in [1.165, 1.54) is 0 Å². The minimum absolute atomic E-state index is 0.114. The lowest BCUT2D eigenvalue weighted by atomic mass is 9.81. The van der Waals surface area contributed by atoms with Gasteiger partial charge in [-0.25, -0.2) is 0 Å². The molecule has 0 bridgehead atoms. The number of benzene rings is 2. The standard InChI is InChI=1S/C17H11ClO2/c1-10(18)9-11-5-4-8-14-15(11)17(20)13-7-3-2-6-12(13)16(14)19/h2-8H,1,9H2. The lowest BCUT2D eigenvalue weighted by molar-refractivity contribution is 0.0978. The van der Waals surface area contributed by atoms with Gasteiger partial charge in [-0.05, 0) is 5.56 Å². The van der Waals surface area contributed by atoms with Crippen molar-refractivity contribution in [1.82, 2.24) is 0 Å². The van der Waals surface area contributed by atoms with Crippen molar-refractivity contribution in [2.24, 2.45) is 0 Å². The maximum absolute atomic E-state index is 12.6. The number of rotatable bonds is 2. The van der Waals surface area contributed by atoms with Crippen LogP contribution in [0, 0.1) is 0 Å². The molecule has 0 amide bonds. The molecule has 0 radical (unpaired) electrons. The van der Waals surface area contributed by atoms with E-state index in [1.54, 1.807) is 36.4 Å². The monoisotopic (exact) mass is 282 g/mol. The smallest absolute Gasteiger partial charge is 0.194 e. The Morgan fingerprint density at radius 1 is 0.900 bits per heavy atom. The zero-order valence-electron chi connectivity index (χ0n) is 10.7. The number of halogens is 1. The van der Waals surface area contributed by atoms with Gasteiger partial charge in [0.15, 0.2) is 11.6 Å². The Morgan fingerprint density at radius 3 is 2.15 bits per heavy atom. The zero-order valence-corrected chi connectivity index (χ0v) is 11.4. The van der Waals surface area contributed by atoms with Gasteiger partial charge in [0.25, 0.3) is 0 Å². The summed E-state index contributed by atoms with van der Waals surface area (Å²) in [5.74, 6) is -0.235. The van der Waals surface area contributed by atoms with Gasteiger partial charge in [-0.15, -0.1) is 0 Å². The van der Waals surface area contributed by atoms with Crippen molar-refractivity contribution in [2.45, 2.75) is 6.42 Å². The van der Waals surface area contributed by atoms with Gasteiger partial charge >= 0.3 is 0 Å². The minimum Gasteiger partial charge on any atom is -0.289 e. The maximum Gasteiger partial charge on any atom is 0.194 e. The summed E-state index contributed by atoms with van der Waals surface area (Å²) in [6.07, 6.45) is 0.381. The Balaban J connectivity index is 2.25. The van der Waals surface area contributed by atoms with Crippen molar-refractivity contribution < 1.29 is 9.59 Å². The van der Waals surface area contributed by atoms with Crippen molar-refractivity contribution >= 4 is 23.2 Å². The number of hydrogen-bond acceptors (Lipinski definition) is 2. The summed E-state index contributed by atoms with van der Waals surface area (Å²) in [5, 5.41) is 0.442. The molecular weight excluding hydrogens is 272 g/mol. The Kier molecular flexibility index (Phi) is 3.03. The van der Waals surface area contributed by atoms with E-state index in [2.05, 4.69) is 6.58 Å². The van der Waals surface area contributed by atoms with Crippen molar-refractivity contribution in [3.8, 4) is 0 Å². The molecule has 0 fully saturated rings. The van der Waals surface area contributed by atoms with Crippen LogP contribution in [0.25, 0.3) is 0 Å². The third-order valence-corrected chi connectivity index (χ3v) is 3.55. The van der Waals surface area contributed by atoms with Crippen LogP contribution in [-0.2, 0) is 6.42 Å². The fourth-order valence-electron chi connectivity index (χ4n) is 2.57. The fraction of sp³-hybridized carbons (Fsp3) is 0.0588. The molecule has 0 heterocycles. The van der Waals surface area contributed by atoms with Crippen molar-refractivity contribution in [1.29, 1.82) is 0 Å². The molecule has 2 aromatic rings. The summed E-state index contributed by atoms with van der Waals surface area (Å²) in [7, 11) is 0. The predicted octanol–water partition coefficient (Wildman–Crippen LogP) is 3.76. The summed E-state index contributed by atoms with van der Waals surface area (Å²) in [6, 6.07) is 12.2. The Hall–Kier alpha value is -2.19. The first kappa shape index (κ1) is 12.8. The second kappa shape index (κ2) is 4.73. The quantitative estimate of drug-likeness (QED) is 0.717. The highest BCUT2D eigenvalue weighted by Crippen LogP contribution is 2.30. The number of hydrogen-bond donors (Lipinski definition) is 0. The van der Waals surface area contributed by atoms with E-state index in [9.17, 15) is 9.59 Å². The van der Waals surface area contributed by atoms with E-state index < -0.39 is 0 Å². The molecule has 3 rings (SSSR count). The number of fused-ring (bicyclic) bond motifs is 2. The first-order chi connectivity index (χ1) is 9.59. The number of ketones is 2. The number of carbonyl (C=O) groups is 2. The lowest BCUT2D eigenvalue weighted by Crippen LogP contribution is -2.22. The third kappa shape index (κ3) is 1.89. The maximum atomic E-state index is 12.6. The van der Waals surface area contributed by atoms with Crippen LogP contribution < -0.4 is 0 Å². The molecule has 2 nitrogen and oxygen atoms in total. The summed E-state index contributed by atoms with van der Waals surface area (Å²) in [5.41, 5.74) is 2.57. The van der Waals surface area contributed by atoms with Gasteiger partial charge in [-0.2, -0.15) is 0 Å². The summed E-state index contributed by atoms with van der Waals surface area (Å²) >= 11 is 5.85.